The third-order valence-corrected chi connectivity index (χ3v) is 2.76. The van der Waals surface area contributed by atoms with Crippen LogP contribution < -0.4 is 11.1 Å². The smallest absolute Gasteiger partial charge is 0.253 e. The third-order valence-electron chi connectivity index (χ3n) is 2.27. The van der Waals surface area contributed by atoms with Gasteiger partial charge in [0, 0.05) is 16.7 Å². The number of hydrogen-bond acceptors (Lipinski definition) is 2. The summed E-state index contributed by atoms with van der Waals surface area (Å²) < 4.78 is 0.857. The van der Waals surface area contributed by atoms with Gasteiger partial charge in [-0.25, -0.2) is 0 Å². The molecule has 0 radical (unpaired) electrons. The van der Waals surface area contributed by atoms with Gasteiger partial charge in [0.1, 0.15) is 0 Å². The van der Waals surface area contributed by atoms with Gasteiger partial charge in [-0.2, -0.15) is 0 Å². The molecule has 0 spiro atoms. The molecule has 88 valence electrons. The monoisotopic (exact) mass is 284 g/mol. The zero-order valence-electron chi connectivity index (χ0n) is 9.59. The van der Waals surface area contributed by atoms with E-state index in [2.05, 4.69) is 35.1 Å². The first-order chi connectivity index (χ1) is 7.50. The molecule has 0 saturated heterocycles. The number of carbonyl (C=O) groups excluding carboxylic acids is 1. The fourth-order valence-corrected chi connectivity index (χ4v) is 1.66. The van der Waals surface area contributed by atoms with Crippen LogP contribution in [-0.4, -0.2) is 12.5 Å². The van der Waals surface area contributed by atoms with Crippen molar-refractivity contribution in [3.05, 3.63) is 28.2 Å². The summed E-state index contributed by atoms with van der Waals surface area (Å²) in [5, 5.41) is 2.86. The minimum absolute atomic E-state index is 0.112. The topological polar surface area (TPSA) is 55.1 Å². The lowest BCUT2D eigenvalue weighted by Crippen LogP contribution is -2.26. The molecular weight excluding hydrogens is 268 g/mol. The van der Waals surface area contributed by atoms with E-state index in [9.17, 15) is 4.79 Å². The number of nitrogen functional groups attached to an aromatic ring is 1. The third kappa shape index (κ3) is 3.85. The molecule has 16 heavy (non-hydrogen) atoms. The molecule has 0 unspecified atom stereocenters. The van der Waals surface area contributed by atoms with Crippen molar-refractivity contribution in [3.8, 4) is 0 Å². The second kappa shape index (κ2) is 5.89. The Hall–Kier alpha value is -1.03. The number of halogens is 1. The van der Waals surface area contributed by atoms with Gasteiger partial charge in [0.2, 0.25) is 0 Å². The second-order valence-electron chi connectivity index (χ2n) is 4.17. The van der Waals surface area contributed by atoms with Crippen LogP contribution in [0.5, 0.6) is 0 Å². The normalized spacial score (nSPS) is 10.5. The summed E-state index contributed by atoms with van der Waals surface area (Å²) in [7, 11) is 0. The number of rotatable bonds is 4. The number of benzene rings is 1. The Bertz CT molecular complexity index is 377. The number of anilines is 1. The first-order valence-electron chi connectivity index (χ1n) is 5.34. The predicted molar refractivity (Wildman–Crippen MR) is 70.3 cm³/mol. The Balaban J connectivity index is 2.62. The van der Waals surface area contributed by atoms with Crippen molar-refractivity contribution < 1.29 is 4.79 Å². The van der Waals surface area contributed by atoms with Gasteiger partial charge in [-0.15, -0.1) is 0 Å². The minimum Gasteiger partial charge on any atom is -0.398 e. The number of carbonyl (C=O) groups is 1. The van der Waals surface area contributed by atoms with E-state index < -0.39 is 0 Å². The largest absolute Gasteiger partial charge is 0.398 e. The van der Waals surface area contributed by atoms with Crippen LogP contribution in [0.3, 0.4) is 0 Å². The average molecular weight is 285 g/mol. The summed E-state index contributed by atoms with van der Waals surface area (Å²) in [6, 6.07) is 5.28. The van der Waals surface area contributed by atoms with Crippen molar-refractivity contribution in [2.75, 3.05) is 12.3 Å². The Morgan fingerprint density at radius 1 is 1.50 bits per heavy atom. The Morgan fingerprint density at radius 2 is 2.19 bits per heavy atom. The van der Waals surface area contributed by atoms with Gasteiger partial charge in [0.15, 0.2) is 0 Å². The molecule has 0 aromatic heterocycles. The molecular formula is C12H17BrN2O. The van der Waals surface area contributed by atoms with Crippen LogP contribution in [0, 0.1) is 5.92 Å². The minimum atomic E-state index is -0.112. The second-order valence-corrected chi connectivity index (χ2v) is 5.09. The highest BCUT2D eigenvalue weighted by molar-refractivity contribution is 9.10. The maximum absolute atomic E-state index is 11.8. The lowest BCUT2D eigenvalue weighted by molar-refractivity contribution is 0.0953. The molecule has 3 nitrogen and oxygen atoms in total. The maximum atomic E-state index is 11.8. The molecule has 1 amide bonds. The average Bonchev–Trinajstić information content (AvgIpc) is 2.21. The fraction of sp³-hybridized carbons (Fsp3) is 0.417. The number of nitrogens with one attached hydrogen (secondary N) is 1. The first kappa shape index (κ1) is 13.0. The molecule has 4 heteroatoms. The van der Waals surface area contributed by atoms with Crippen molar-refractivity contribution in [1.82, 2.24) is 5.32 Å². The molecule has 3 N–H and O–H groups in total. The quantitative estimate of drug-likeness (QED) is 0.836. The Morgan fingerprint density at radius 3 is 2.81 bits per heavy atom. The van der Waals surface area contributed by atoms with Crippen molar-refractivity contribution in [2.24, 2.45) is 5.92 Å². The summed E-state index contributed by atoms with van der Waals surface area (Å²) in [6.45, 7) is 4.93. The van der Waals surface area contributed by atoms with Crippen LogP contribution >= 0.6 is 15.9 Å². The maximum Gasteiger partial charge on any atom is 0.253 e. The van der Waals surface area contributed by atoms with Gasteiger partial charge < -0.3 is 11.1 Å². The van der Waals surface area contributed by atoms with Gasteiger partial charge in [-0.1, -0.05) is 29.8 Å². The van der Waals surface area contributed by atoms with Gasteiger partial charge in [0.25, 0.3) is 5.91 Å². The zero-order chi connectivity index (χ0) is 12.1. The van der Waals surface area contributed by atoms with E-state index in [1.165, 1.54) is 0 Å². The molecule has 0 aliphatic heterocycles. The number of nitrogens with two attached hydrogens (primary N) is 1. The fourth-order valence-electron chi connectivity index (χ4n) is 1.29. The summed E-state index contributed by atoms with van der Waals surface area (Å²) in [5.41, 5.74) is 6.77. The van der Waals surface area contributed by atoms with Crippen LogP contribution in [-0.2, 0) is 0 Å². The van der Waals surface area contributed by atoms with E-state index in [1.54, 1.807) is 12.1 Å². The van der Waals surface area contributed by atoms with Crippen molar-refractivity contribution in [1.29, 1.82) is 0 Å². The molecule has 1 aromatic rings. The molecule has 0 aliphatic rings. The molecule has 0 heterocycles. The highest BCUT2D eigenvalue weighted by Gasteiger charge is 2.09. The van der Waals surface area contributed by atoms with Gasteiger partial charge in [0.05, 0.1) is 5.56 Å². The van der Waals surface area contributed by atoms with E-state index in [1.807, 2.05) is 6.07 Å². The molecule has 1 aromatic carbocycles. The van der Waals surface area contributed by atoms with E-state index in [0.717, 1.165) is 10.9 Å². The van der Waals surface area contributed by atoms with E-state index in [0.29, 0.717) is 23.7 Å². The van der Waals surface area contributed by atoms with Crippen LogP contribution in [0.2, 0.25) is 0 Å². The Labute approximate surface area is 105 Å². The van der Waals surface area contributed by atoms with Crippen LogP contribution in [0.4, 0.5) is 5.69 Å². The summed E-state index contributed by atoms with van der Waals surface area (Å²) in [5.74, 6) is 0.472. The molecule has 1 rings (SSSR count). The lowest BCUT2D eigenvalue weighted by Gasteiger charge is -2.09. The first-order valence-corrected chi connectivity index (χ1v) is 6.13. The zero-order valence-corrected chi connectivity index (χ0v) is 11.2. The lowest BCUT2D eigenvalue weighted by atomic mass is 10.1. The standard InChI is InChI=1S/C12H17BrN2O/c1-8(2)5-6-15-12(16)10-7-9(13)3-4-11(10)14/h3-4,7-8H,5-6,14H2,1-2H3,(H,15,16). The van der Waals surface area contributed by atoms with E-state index in [-0.39, 0.29) is 5.91 Å². The van der Waals surface area contributed by atoms with Gasteiger partial charge in [-0.05, 0) is 30.5 Å². The number of hydrogen-bond donors (Lipinski definition) is 2. The van der Waals surface area contributed by atoms with Crippen molar-refractivity contribution in [3.63, 3.8) is 0 Å². The molecule has 0 saturated carbocycles. The predicted octanol–water partition coefficient (Wildman–Crippen LogP) is 2.81. The van der Waals surface area contributed by atoms with Crippen LogP contribution in [0.1, 0.15) is 30.6 Å². The highest BCUT2D eigenvalue weighted by atomic mass is 79.9. The Kier molecular flexibility index (Phi) is 4.80. The molecule has 0 fully saturated rings. The summed E-state index contributed by atoms with van der Waals surface area (Å²) in [4.78, 5) is 11.8. The highest BCUT2D eigenvalue weighted by Crippen LogP contribution is 2.18. The van der Waals surface area contributed by atoms with E-state index in [4.69, 9.17) is 5.73 Å². The molecule has 0 aliphatic carbocycles. The summed E-state index contributed by atoms with van der Waals surface area (Å²) >= 11 is 3.32. The molecule has 0 bridgehead atoms. The van der Waals surface area contributed by atoms with Crippen molar-refractivity contribution >= 4 is 27.5 Å². The van der Waals surface area contributed by atoms with Gasteiger partial charge >= 0.3 is 0 Å². The van der Waals surface area contributed by atoms with Crippen molar-refractivity contribution in [2.45, 2.75) is 20.3 Å². The van der Waals surface area contributed by atoms with Gasteiger partial charge in [-0.3, -0.25) is 4.79 Å². The number of amides is 1. The SMILES string of the molecule is CC(C)CCNC(=O)c1cc(Br)ccc1N. The van der Waals surface area contributed by atoms with Crippen LogP contribution in [0.25, 0.3) is 0 Å². The molecule has 0 atom stereocenters. The van der Waals surface area contributed by atoms with E-state index >= 15 is 0 Å². The summed E-state index contributed by atoms with van der Waals surface area (Å²) in [6.07, 6.45) is 0.972. The van der Waals surface area contributed by atoms with Crippen LogP contribution in [0.15, 0.2) is 22.7 Å².